The van der Waals surface area contributed by atoms with E-state index < -0.39 is 11.4 Å². The maximum Gasteiger partial charge on any atom is 0.244 e. The Morgan fingerprint density at radius 3 is 2.76 bits per heavy atom. The van der Waals surface area contributed by atoms with E-state index in [-0.39, 0.29) is 30.3 Å². The Hall–Kier alpha value is -3.38. The molecule has 2 aromatic rings. The van der Waals surface area contributed by atoms with Gasteiger partial charge in [0.25, 0.3) is 0 Å². The van der Waals surface area contributed by atoms with Gasteiger partial charge in [-0.25, -0.2) is 0 Å². The molecule has 0 bridgehead atoms. The molecule has 1 aromatic heterocycles. The number of likely N-dealkylation sites (N-methyl/N-ethyl adjacent to an activating group) is 1. The number of aromatic nitrogens is 4. The maximum atomic E-state index is 13.3. The number of rotatable bonds is 12. The van der Waals surface area contributed by atoms with Crippen LogP contribution in [0.15, 0.2) is 18.2 Å². The minimum absolute atomic E-state index is 0.00892. The average molecular weight is 512 g/mol. The van der Waals surface area contributed by atoms with Crippen LogP contribution in [-0.4, -0.2) is 82.0 Å². The van der Waals surface area contributed by atoms with E-state index in [1.807, 2.05) is 44.1 Å². The third-order valence-corrected chi connectivity index (χ3v) is 7.43. The van der Waals surface area contributed by atoms with Crippen molar-refractivity contribution in [3.8, 4) is 0 Å². The number of carbonyl (C=O) groups excluding carboxylic acids is 3. The molecule has 12 nitrogen and oxygen atoms in total. The zero-order valence-corrected chi connectivity index (χ0v) is 21.8. The molecule has 4 rings (SSSR count). The molecule has 12 heteroatoms. The molecule has 0 saturated carbocycles. The van der Waals surface area contributed by atoms with Crippen LogP contribution in [0.5, 0.6) is 0 Å². The lowest BCUT2D eigenvalue weighted by molar-refractivity contribution is -0.128. The number of primary amides is 1. The molecule has 0 spiro atoms. The van der Waals surface area contributed by atoms with Crippen molar-refractivity contribution >= 4 is 23.4 Å². The van der Waals surface area contributed by atoms with Crippen LogP contribution in [0.1, 0.15) is 49.6 Å². The first-order valence-corrected chi connectivity index (χ1v) is 12.8. The van der Waals surface area contributed by atoms with Crippen LogP contribution in [0.4, 0.5) is 5.69 Å². The Balaban J connectivity index is 1.51. The van der Waals surface area contributed by atoms with Crippen molar-refractivity contribution in [1.82, 2.24) is 36.2 Å². The SMILES string of the molecule is C[C@@H](CCC1(C(N)=O)Cc2cccc3c2N1C(=O)CCC3)[C@@H](CNCc1nn[nH]n1)NC(=O)CN(C)C. The molecule has 2 aliphatic heterocycles. The molecular formula is C25H37N9O3. The minimum Gasteiger partial charge on any atom is -0.368 e. The highest BCUT2D eigenvalue weighted by Gasteiger charge is 2.52. The summed E-state index contributed by atoms with van der Waals surface area (Å²) in [5.74, 6) is -0.106. The Labute approximate surface area is 216 Å². The fraction of sp³-hybridized carbons (Fsp3) is 0.600. The van der Waals surface area contributed by atoms with E-state index in [0.29, 0.717) is 44.6 Å². The molecule has 0 fully saturated rings. The van der Waals surface area contributed by atoms with Crippen LogP contribution in [0.2, 0.25) is 0 Å². The molecule has 0 radical (unpaired) electrons. The van der Waals surface area contributed by atoms with E-state index >= 15 is 0 Å². The molecule has 5 N–H and O–H groups in total. The summed E-state index contributed by atoms with van der Waals surface area (Å²) >= 11 is 0. The molecule has 3 amide bonds. The molecule has 2 aliphatic rings. The number of carbonyl (C=O) groups is 3. The van der Waals surface area contributed by atoms with Gasteiger partial charge in [0.1, 0.15) is 5.54 Å². The zero-order chi connectivity index (χ0) is 26.6. The number of aromatic amines is 1. The summed E-state index contributed by atoms with van der Waals surface area (Å²) in [5, 5.41) is 20.3. The van der Waals surface area contributed by atoms with Crippen LogP contribution >= 0.6 is 0 Å². The van der Waals surface area contributed by atoms with Crippen molar-refractivity contribution in [2.75, 3.05) is 32.1 Å². The monoisotopic (exact) mass is 511 g/mol. The smallest absolute Gasteiger partial charge is 0.244 e. The van der Waals surface area contributed by atoms with Gasteiger partial charge in [-0.1, -0.05) is 30.3 Å². The largest absolute Gasteiger partial charge is 0.368 e. The summed E-state index contributed by atoms with van der Waals surface area (Å²) in [6, 6.07) is 5.80. The van der Waals surface area contributed by atoms with Crippen molar-refractivity contribution in [3.05, 3.63) is 35.2 Å². The van der Waals surface area contributed by atoms with Crippen molar-refractivity contribution in [2.45, 2.75) is 63.6 Å². The highest BCUT2D eigenvalue weighted by Crippen LogP contribution is 2.46. The summed E-state index contributed by atoms with van der Waals surface area (Å²) in [4.78, 5) is 42.5. The van der Waals surface area contributed by atoms with Gasteiger partial charge in [-0.15, -0.1) is 10.2 Å². The van der Waals surface area contributed by atoms with E-state index in [1.165, 1.54) is 0 Å². The predicted molar refractivity (Wildman–Crippen MR) is 137 cm³/mol. The van der Waals surface area contributed by atoms with E-state index in [4.69, 9.17) is 5.73 Å². The Bertz CT molecular complexity index is 1120. The number of anilines is 1. The second-order valence-electron chi connectivity index (χ2n) is 10.5. The highest BCUT2D eigenvalue weighted by atomic mass is 16.2. The number of tetrazole rings is 1. The van der Waals surface area contributed by atoms with Gasteiger partial charge in [0.05, 0.1) is 18.8 Å². The number of hydrogen-bond donors (Lipinski definition) is 4. The Morgan fingerprint density at radius 1 is 1.27 bits per heavy atom. The molecule has 3 heterocycles. The summed E-state index contributed by atoms with van der Waals surface area (Å²) in [6.45, 7) is 3.18. The number of amides is 3. The Kier molecular flexibility index (Phi) is 8.18. The van der Waals surface area contributed by atoms with Gasteiger partial charge in [0.2, 0.25) is 17.7 Å². The van der Waals surface area contributed by atoms with Crippen LogP contribution in [-0.2, 0) is 33.8 Å². The van der Waals surface area contributed by atoms with Crippen LogP contribution in [0, 0.1) is 5.92 Å². The number of nitrogens with two attached hydrogens (primary N) is 1. The number of benzene rings is 1. The molecule has 0 saturated heterocycles. The summed E-state index contributed by atoms with van der Waals surface area (Å²) in [5.41, 5.74) is 7.91. The van der Waals surface area contributed by atoms with E-state index in [2.05, 4.69) is 31.3 Å². The third kappa shape index (κ3) is 5.80. The standard InChI is InChI=1S/C25H37N9O3/c1-16(19(28-21(35)15-33(2)3)13-27-14-20-29-31-32-30-20)10-11-25(24(26)37)12-18-8-4-6-17-7-5-9-22(36)34(25)23(17)18/h4,6,8,16,19,27H,5,7,9-15H2,1-3H3,(H2,26,37)(H,28,35)(H,29,30,31,32)/t16-,19+,25?/m0/s1. The second-order valence-corrected chi connectivity index (χ2v) is 10.5. The minimum atomic E-state index is -1.11. The molecular weight excluding hydrogens is 474 g/mol. The van der Waals surface area contributed by atoms with Gasteiger partial charge in [-0.2, -0.15) is 5.21 Å². The number of H-pyrrole nitrogens is 1. The number of para-hydroxylation sites is 1. The molecule has 1 unspecified atom stereocenters. The quantitative estimate of drug-likeness (QED) is 0.307. The van der Waals surface area contributed by atoms with Gasteiger partial charge in [-0.3, -0.25) is 19.3 Å². The summed E-state index contributed by atoms with van der Waals surface area (Å²) < 4.78 is 0. The lowest BCUT2D eigenvalue weighted by Crippen LogP contribution is -2.59. The van der Waals surface area contributed by atoms with Gasteiger partial charge in [-0.05, 0) is 56.8 Å². The lowest BCUT2D eigenvalue weighted by atomic mass is 9.83. The fourth-order valence-corrected chi connectivity index (χ4v) is 5.51. The predicted octanol–water partition coefficient (Wildman–Crippen LogP) is -0.0983. The van der Waals surface area contributed by atoms with Gasteiger partial charge in [0, 0.05) is 25.4 Å². The molecule has 200 valence electrons. The van der Waals surface area contributed by atoms with Crippen LogP contribution in [0.25, 0.3) is 0 Å². The van der Waals surface area contributed by atoms with E-state index in [0.717, 1.165) is 29.7 Å². The first kappa shape index (κ1) is 26.7. The van der Waals surface area contributed by atoms with E-state index in [9.17, 15) is 14.4 Å². The third-order valence-electron chi connectivity index (χ3n) is 7.43. The average Bonchev–Trinajstić information content (AvgIpc) is 3.43. The highest BCUT2D eigenvalue weighted by molar-refractivity contribution is 6.07. The maximum absolute atomic E-state index is 13.3. The van der Waals surface area contributed by atoms with Crippen molar-refractivity contribution in [3.63, 3.8) is 0 Å². The van der Waals surface area contributed by atoms with Gasteiger partial charge in [0.15, 0.2) is 5.82 Å². The van der Waals surface area contributed by atoms with Crippen molar-refractivity contribution in [2.24, 2.45) is 11.7 Å². The fourth-order valence-electron chi connectivity index (χ4n) is 5.51. The van der Waals surface area contributed by atoms with Gasteiger partial charge < -0.3 is 21.3 Å². The number of nitrogens with one attached hydrogen (secondary N) is 3. The Morgan fingerprint density at radius 2 is 2.05 bits per heavy atom. The lowest BCUT2D eigenvalue weighted by Gasteiger charge is -2.37. The molecule has 37 heavy (non-hydrogen) atoms. The van der Waals surface area contributed by atoms with Crippen molar-refractivity contribution in [1.29, 1.82) is 0 Å². The second kappa shape index (κ2) is 11.3. The normalized spacial score (nSPS) is 20.4. The van der Waals surface area contributed by atoms with Gasteiger partial charge >= 0.3 is 0 Å². The number of hydrogen-bond acceptors (Lipinski definition) is 8. The first-order valence-electron chi connectivity index (χ1n) is 12.8. The van der Waals surface area contributed by atoms with Crippen LogP contribution < -0.4 is 21.3 Å². The number of aryl methyl sites for hydroxylation is 1. The van der Waals surface area contributed by atoms with E-state index in [1.54, 1.807) is 4.90 Å². The molecule has 0 aliphatic carbocycles. The summed E-state index contributed by atoms with van der Waals surface area (Å²) in [7, 11) is 3.68. The molecule has 1 aromatic carbocycles. The zero-order valence-electron chi connectivity index (χ0n) is 21.8. The van der Waals surface area contributed by atoms with Crippen LogP contribution in [0.3, 0.4) is 0 Å². The number of nitrogens with zero attached hydrogens (tertiary/aromatic N) is 5. The first-order chi connectivity index (χ1) is 17.7. The van der Waals surface area contributed by atoms with Crippen molar-refractivity contribution < 1.29 is 14.4 Å². The molecule has 3 atom stereocenters. The topological polar surface area (TPSA) is 162 Å². The summed E-state index contributed by atoms with van der Waals surface area (Å²) in [6.07, 6.45) is 3.37.